The van der Waals surface area contributed by atoms with E-state index in [4.69, 9.17) is 0 Å². The summed E-state index contributed by atoms with van der Waals surface area (Å²) in [5, 5.41) is 14.9. The highest BCUT2D eigenvalue weighted by Gasteiger charge is 2.09. The number of anilines is 1. The summed E-state index contributed by atoms with van der Waals surface area (Å²) in [5.74, 6) is -0.330. The minimum absolute atomic E-state index is 0.330. The Balaban J connectivity index is 1.85. The number of benzene rings is 2. The lowest BCUT2D eigenvalue weighted by atomic mass is 10.1. The molecule has 0 bridgehead atoms. The number of nitrogens with zero attached hydrogens (tertiary/aromatic N) is 2. The fourth-order valence-corrected chi connectivity index (χ4v) is 3.10. The van der Waals surface area contributed by atoms with Crippen LogP contribution in [0.5, 0.6) is 0 Å². The molecule has 0 aliphatic rings. The summed E-state index contributed by atoms with van der Waals surface area (Å²) in [4.78, 5) is 4.57. The quantitative estimate of drug-likeness (QED) is 0.629. The van der Waals surface area contributed by atoms with Crippen LogP contribution in [0.15, 0.2) is 54.0 Å². The van der Waals surface area contributed by atoms with Crippen molar-refractivity contribution in [1.29, 1.82) is 5.26 Å². The molecule has 2 aromatic carbocycles. The van der Waals surface area contributed by atoms with Crippen molar-refractivity contribution in [2.24, 2.45) is 0 Å². The molecular formula is C20H16FN3S. The molecule has 124 valence electrons. The van der Waals surface area contributed by atoms with Crippen LogP contribution in [-0.2, 0) is 0 Å². The Kier molecular flexibility index (Phi) is 4.92. The maximum absolute atomic E-state index is 13.2. The van der Waals surface area contributed by atoms with Gasteiger partial charge in [-0.25, -0.2) is 9.37 Å². The van der Waals surface area contributed by atoms with E-state index in [1.54, 1.807) is 18.3 Å². The molecule has 25 heavy (non-hydrogen) atoms. The third-order valence-corrected chi connectivity index (χ3v) is 4.74. The van der Waals surface area contributed by atoms with Gasteiger partial charge in [0, 0.05) is 22.8 Å². The Morgan fingerprint density at radius 2 is 2.04 bits per heavy atom. The van der Waals surface area contributed by atoms with Crippen LogP contribution in [0.3, 0.4) is 0 Å². The number of hydrogen-bond donors (Lipinski definition) is 1. The normalized spacial score (nSPS) is 11.2. The lowest BCUT2D eigenvalue weighted by molar-refractivity contribution is 0.628. The van der Waals surface area contributed by atoms with Gasteiger partial charge in [0.25, 0.3) is 0 Å². The highest BCUT2D eigenvalue weighted by molar-refractivity contribution is 7.11. The maximum Gasteiger partial charge on any atom is 0.136 e. The third-order valence-electron chi connectivity index (χ3n) is 3.87. The molecule has 0 atom stereocenters. The Morgan fingerprint density at radius 1 is 1.20 bits per heavy atom. The van der Waals surface area contributed by atoms with Crippen molar-refractivity contribution in [1.82, 2.24) is 4.98 Å². The third kappa shape index (κ3) is 3.93. The van der Waals surface area contributed by atoms with Crippen LogP contribution in [0, 0.1) is 31.0 Å². The van der Waals surface area contributed by atoms with Crippen molar-refractivity contribution in [2.75, 3.05) is 5.32 Å². The van der Waals surface area contributed by atoms with E-state index >= 15 is 0 Å². The van der Waals surface area contributed by atoms with Crippen molar-refractivity contribution in [2.45, 2.75) is 13.8 Å². The van der Waals surface area contributed by atoms with E-state index in [1.165, 1.54) is 34.6 Å². The molecule has 0 unspecified atom stereocenters. The van der Waals surface area contributed by atoms with Gasteiger partial charge in [0.05, 0.1) is 5.69 Å². The topological polar surface area (TPSA) is 48.7 Å². The second-order valence-corrected chi connectivity index (χ2v) is 6.52. The molecule has 0 radical (unpaired) electrons. The molecule has 0 saturated heterocycles. The summed E-state index contributed by atoms with van der Waals surface area (Å²) >= 11 is 1.41. The van der Waals surface area contributed by atoms with E-state index < -0.39 is 0 Å². The largest absolute Gasteiger partial charge is 0.360 e. The standard InChI is InChI=1S/C20H16FN3S/c1-13-6-7-15(8-14(13)2)19-12-25-20(24-19)16(10-22)11-23-18-5-3-4-17(21)9-18/h3-9,11-12,23H,1-2H3/b16-11+. The van der Waals surface area contributed by atoms with Crippen LogP contribution in [0.4, 0.5) is 10.1 Å². The molecule has 0 amide bonds. The van der Waals surface area contributed by atoms with E-state index in [-0.39, 0.29) is 5.82 Å². The molecule has 1 N–H and O–H groups in total. The number of allylic oxidation sites excluding steroid dienone is 1. The predicted molar refractivity (Wildman–Crippen MR) is 101 cm³/mol. The molecule has 0 saturated carbocycles. The Hall–Kier alpha value is -2.97. The number of rotatable bonds is 4. The average molecular weight is 349 g/mol. The van der Waals surface area contributed by atoms with E-state index in [0.29, 0.717) is 16.3 Å². The van der Waals surface area contributed by atoms with Crippen molar-refractivity contribution < 1.29 is 4.39 Å². The summed E-state index contributed by atoms with van der Waals surface area (Å²) in [7, 11) is 0. The van der Waals surface area contributed by atoms with Gasteiger partial charge in [0.1, 0.15) is 22.5 Å². The fourth-order valence-electron chi connectivity index (χ4n) is 2.31. The van der Waals surface area contributed by atoms with Gasteiger partial charge in [-0.1, -0.05) is 18.2 Å². The van der Waals surface area contributed by atoms with Crippen LogP contribution in [0.25, 0.3) is 16.8 Å². The minimum atomic E-state index is -0.330. The van der Waals surface area contributed by atoms with Crippen molar-refractivity contribution in [3.05, 3.63) is 76.0 Å². The van der Waals surface area contributed by atoms with Crippen molar-refractivity contribution in [3.63, 3.8) is 0 Å². The molecule has 0 fully saturated rings. The zero-order valence-corrected chi connectivity index (χ0v) is 14.7. The molecule has 3 aromatic rings. The zero-order valence-electron chi connectivity index (χ0n) is 13.9. The second kappa shape index (κ2) is 7.29. The van der Waals surface area contributed by atoms with Gasteiger partial charge in [-0.15, -0.1) is 11.3 Å². The van der Waals surface area contributed by atoms with E-state index in [1.807, 2.05) is 11.4 Å². The summed E-state index contributed by atoms with van der Waals surface area (Å²) < 4.78 is 13.2. The maximum atomic E-state index is 13.2. The SMILES string of the molecule is Cc1ccc(-c2csc(/C(C#N)=C/Nc3cccc(F)c3)n2)cc1C. The Labute approximate surface area is 150 Å². The van der Waals surface area contributed by atoms with Crippen LogP contribution < -0.4 is 5.32 Å². The van der Waals surface area contributed by atoms with E-state index in [0.717, 1.165) is 11.3 Å². The number of nitrogens with one attached hydrogen (secondary N) is 1. The smallest absolute Gasteiger partial charge is 0.136 e. The molecule has 3 nitrogen and oxygen atoms in total. The fraction of sp³-hybridized carbons (Fsp3) is 0.100. The van der Waals surface area contributed by atoms with Crippen LogP contribution >= 0.6 is 11.3 Å². The van der Waals surface area contributed by atoms with Crippen molar-refractivity contribution >= 4 is 22.6 Å². The molecule has 1 aromatic heterocycles. The first kappa shape index (κ1) is 16.9. The number of aryl methyl sites for hydroxylation is 2. The lowest BCUT2D eigenvalue weighted by Gasteiger charge is -2.02. The molecular weight excluding hydrogens is 333 g/mol. The van der Waals surface area contributed by atoms with Crippen molar-refractivity contribution in [3.8, 4) is 17.3 Å². The minimum Gasteiger partial charge on any atom is -0.360 e. The molecule has 0 spiro atoms. The molecule has 5 heteroatoms. The van der Waals surface area contributed by atoms with Gasteiger partial charge < -0.3 is 5.32 Å². The number of thiazole rings is 1. The van der Waals surface area contributed by atoms with E-state index in [9.17, 15) is 9.65 Å². The molecule has 0 aliphatic heterocycles. The van der Waals surface area contributed by atoms with Gasteiger partial charge in [-0.3, -0.25) is 0 Å². The van der Waals surface area contributed by atoms with Gasteiger partial charge >= 0.3 is 0 Å². The van der Waals surface area contributed by atoms with Gasteiger partial charge in [-0.2, -0.15) is 5.26 Å². The average Bonchev–Trinajstić information content (AvgIpc) is 3.08. The Bertz CT molecular complexity index is 983. The van der Waals surface area contributed by atoms with Gasteiger partial charge in [-0.05, 0) is 49.2 Å². The first-order chi connectivity index (χ1) is 12.1. The molecule has 3 rings (SSSR count). The highest BCUT2D eigenvalue weighted by Crippen LogP contribution is 2.27. The summed E-state index contributed by atoms with van der Waals surface area (Å²) in [5.41, 5.74) is 5.30. The molecule has 0 aliphatic carbocycles. The molecule has 1 heterocycles. The number of halogens is 1. The Morgan fingerprint density at radius 3 is 2.76 bits per heavy atom. The second-order valence-electron chi connectivity index (χ2n) is 5.66. The first-order valence-electron chi connectivity index (χ1n) is 7.73. The summed E-state index contributed by atoms with van der Waals surface area (Å²) in [6.07, 6.45) is 1.55. The predicted octanol–water partition coefficient (Wildman–Crippen LogP) is 5.54. The van der Waals surface area contributed by atoms with Crippen LogP contribution in [0.1, 0.15) is 16.1 Å². The van der Waals surface area contributed by atoms with E-state index in [2.05, 4.69) is 42.4 Å². The lowest BCUT2D eigenvalue weighted by Crippen LogP contribution is -1.91. The highest BCUT2D eigenvalue weighted by atomic mass is 32.1. The van der Waals surface area contributed by atoms with Crippen LogP contribution in [-0.4, -0.2) is 4.98 Å². The number of aromatic nitrogens is 1. The van der Waals surface area contributed by atoms with Gasteiger partial charge in [0.2, 0.25) is 0 Å². The first-order valence-corrected chi connectivity index (χ1v) is 8.60. The monoisotopic (exact) mass is 349 g/mol. The number of nitriles is 1. The summed E-state index contributed by atoms with van der Waals surface area (Å²) in [6.45, 7) is 4.13. The van der Waals surface area contributed by atoms with Gasteiger partial charge in [0.15, 0.2) is 0 Å². The van der Waals surface area contributed by atoms with Crippen LogP contribution in [0.2, 0.25) is 0 Å². The summed E-state index contributed by atoms with van der Waals surface area (Å²) in [6, 6.07) is 14.4. The zero-order chi connectivity index (χ0) is 17.8. The number of hydrogen-bond acceptors (Lipinski definition) is 4.